The highest BCUT2D eigenvalue weighted by Crippen LogP contribution is 2.45. The van der Waals surface area contributed by atoms with Crippen molar-refractivity contribution in [3.05, 3.63) is 83.6 Å². The third-order valence-corrected chi connectivity index (χ3v) is 8.17. The van der Waals surface area contributed by atoms with E-state index in [4.69, 9.17) is 29.4 Å². The molecule has 0 saturated heterocycles. The summed E-state index contributed by atoms with van der Waals surface area (Å²) in [7, 11) is 1.10. The number of nitrogen functional groups attached to an aromatic ring is 1. The summed E-state index contributed by atoms with van der Waals surface area (Å²) in [6.07, 6.45) is 0. The van der Waals surface area contributed by atoms with Crippen LogP contribution < -0.4 is 24.7 Å². The van der Waals surface area contributed by atoms with Gasteiger partial charge in [-0.1, -0.05) is 30.3 Å². The first kappa shape index (κ1) is 30.0. The minimum Gasteiger partial charge on any atom is -0.497 e. The first-order valence-corrected chi connectivity index (χ1v) is 14.1. The topological polar surface area (TPSA) is 145 Å². The molecule has 0 aliphatic carbocycles. The number of aromatic nitrogens is 1. The van der Waals surface area contributed by atoms with E-state index < -0.39 is 27.6 Å². The van der Waals surface area contributed by atoms with Crippen molar-refractivity contribution >= 4 is 27.6 Å². The van der Waals surface area contributed by atoms with Gasteiger partial charge in [0.05, 0.1) is 39.9 Å². The number of hydrogen-bond acceptors (Lipinski definition) is 10. The number of methoxy groups -OCH3 is 4. The molecule has 0 amide bonds. The molecule has 12 heteroatoms. The third-order valence-electron chi connectivity index (χ3n) is 6.45. The standard InChI is InChI=1S/C30H30N2O9S/c1-6-41-30(34)25-24(19-16-22(38-3)28(40-5)23(17-19)39-4)26(27(33)18-10-8-7-9-11-18)32(29(25)31)42(35,36)21-14-12-20(37-2)13-15-21/h7-17H,6,31H2,1-5H3. The van der Waals surface area contributed by atoms with Crippen LogP contribution in [-0.4, -0.2) is 59.2 Å². The molecule has 0 aliphatic heterocycles. The van der Waals surface area contributed by atoms with Crippen LogP contribution in [0.4, 0.5) is 5.82 Å². The third kappa shape index (κ3) is 5.23. The Balaban J connectivity index is 2.19. The summed E-state index contributed by atoms with van der Waals surface area (Å²) >= 11 is 0. The smallest absolute Gasteiger partial charge is 0.342 e. The second kappa shape index (κ2) is 12.3. The van der Waals surface area contributed by atoms with Gasteiger partial charge in [0.25, 0.3) is 10.0 Å². The van der Waals surface area contributed by atoms with E-state index in [1.807, 2.05) is 0 Å². The molecular weight excluding hydrogens is 564 g/mol. The van der Waals surface area contributed by atoms with Crippen molar-refractivity contribution in [1.82, 2.24) is 3.97 Å². The Morgan fingerprint density at radius 1 is 0.833 bits per heavy atom. The van der Waals surface area contributed by atoms with Crippen LogP contribution >= 0.6 is 0 Å². The molecule has 0 aliphatic rings. The molecule has 42 heavy (non-hydrogen) atoms. The number of rotatable bonds is 11. The van der Waals surface area contributed by atoms with E-state index in [0.717, 1.165) is 0 Å². The van der Waals surface area contributed by atoms with Gasteiger partial charge in [0.15, 0.2) is 11.5 Å². The maximum atomic E-state index is 14.2. The predicted octanol–water partition coefficient (Wildman–Crippen LogP) is 4.42. The maximum Gasteiger partial charge on any atom is 0.342 e. The van der Waals surface area contributed by atoms with E-state index >= 15 is 0 Å². The number of carbonyl (C=O) groups excluding carboxylic acids is 2. The van der Waals surface area contributed by atoms with Crippen molar-refractivity contribution in [3.63, 3.8) is 0 Å². The zero-order valence-corrected chi connectivity index (χ0v) is 24.5. The number of nitrogens with zero attached hydrogens (tertiary/aromatic N) is 1. The van der Waals surface area contributed by atoms with Crippen LogP contribution in [0.5, 0.6) is 23.0 Å². The highest BCUT2D eigenvalue weighted by molar-refractivity contribution is 7.90. The lowest BCUT2D eigenvalue weighted by Gasteiger charge is -2.16. The van der Waals surface area contributed by atoms with Crippen LogP contribution in [0.3, 0.4) is 0 Å². The highest BCUT2D eigenvalue weighted by atomic mass is 32.2. The molecule has 0 radical (unpaired) electrons. The molecule has 3 aromatic carbocycles. The molecule has 2 N–H and O–H groups in total. The first-order chi connectivity index (χ1) is 20.1. The fourth-order valence-electron chi connectivity index (χ4n) is 4.52. The van der Waals surface area contributed by atoms with Crippen LogP contribution in [-0.2, 0) is 14.8 Å². The van der Waals surface area contributed by atoms with Gasteiger partial charge in [-0.05, 0) is 48.9 Å². The molecule has 0 unspecified atom stereocenters. The van der Waals surface area contributed by atoms with Crippen LogP contribution in [0, 0.1) is 0 Å². The lowest BCUT2D eigenvalue weighted by Crippen LogP contribution is -2.21. The van der Waals surface area contributed by atoms with Gasteiger partial charge in [0, 0.05) is 11.1 Å². The van der Waals surface area contributed by atoms with Crippen molar-refractivity contribution in [1.29, 1.82) is 0 Å². The fourth-order valence-corrected chi connectivity index (χ4v) is 5.98. The second-order valence-corrected chi connectivity index (χ2v) is 10.5. The zero-order chi connectivity index (χ0) is 30.6. The molecule has 4 rings (SSSR count). The number of ketones is 1. The molecule has 0 fully saturated rings. The normalized spacial score (nSPS) is 11.1. The number of anilines is 1. The van der Waals surface area contributed by atoms with E-state index in [-0.39, 0.29) is 56.7 Å². The molecular formula is C30H30N2O9S. The van der Waals surface area contributed by atoms with E-state index in [2.05, 4.69) is 0 Å². The van der Waals surface area contributed by atoms with Gasteiger partial charge in [-0.3, -0.25) is 4.79 Å². The molecule has 1 heterocycles. The average Bonchev–Trinajstić information content (AvgIpc) is 3.33. The van der Waals surface area contributed by atoms with E-state index in [1.165, 1.54) is 77.0 Å². The van der Waals surface area contributed by atoms with E-state index in [9.17, 15) is 18.0 Å². The molecule has 11 nitrogen and oxygen atoms in total. The Morgan fingerprint density at radius 2 is 1.43 bits per heavy atom. The molecule has 0 saturated carbocycles. The van der Waals surface area contributed by atoms with Crippen LogP contribution in [0.1, 0.15) is 33.3 Å². The first-order valence-electron chi connectivity index (χ1n) is 12.7. The summed E-state index contributed by atoms with van der Waals surface area (Å²) in [5.41, 5.74) is 6.05. The van der Waals surface area contributed by atoms with Crippen molar-refractivity contribution in [3.8, 4) is 34.1 Å². The van der Waals surface area contributed by atoms with Gasteiger partial charge in [0.1, 0.15) is 22.8 Å². The lowest BCUT2D eigenvalue weighted by molar-refractivity contribution is 0.0528. The van der Waals surface area contributed by atoms with Gasteiger partial charge >= 0.3 is 5.97 Å². The lowest BCUT2D eigenvalue weighted by atomic mass is 9.96. The van der Waals surface area contributed by atoms with Crippen LogP contribution in [0.2, 0.25) is 0 Å². The SMILES string of the molecule is CCOC(=O)c1c(-c2cc(OC)c(OC)c(OC)c2)c(C(=O)c2ccccc2)n(S(=O)(=O)c2ccc(OC)cc2)c1N. The number of esters is 1. The van der Waals surface area contributed by atoms with Gasteiger partial charge in [-0.2, -0.15) is 0 Å². The summed E-state index contributed by atoms with van der Waals surface area (Å²) in [4.78, 5) is 27.5. The summed E-state index contributed by atoms with van der Waals surface area (Å²) in [5, 5.41) is 0. The Morgan fingerprint density at radius 3 is 1.93 bits per heavy atom. The average molecular weight is 595 g/mol. The monoisotopic (exact) mass is 594 g/mol. The van der Waals surface area contributed by atoms with Crippen molar-refractivity contribution < 1.29 is 41.7 Å². The number of nitrogens with two attached hydrogens (primary N) is 1. The molecule has 0 atom stereocenters. The quantitative estimate of drug-likeness (QED) is 0.196. The largest absolute Gasteiger partial charge is 0.497 e. The molecule has 0 bridgehead atoms. The zero-order valence-electron chi connectivity index (χ0n) is 23.7. The van der Waals surface area contributed by atoms with Gasteiger partial charge < -0.3 is 29.4 Å². The summed E-state index contributed by atoms with van der Waals surface area (Å²) < 4.78 is 55.9. The second-order valence-electron chi connectivity index (χ2n) is 8.76. The Kier molecular flexibility index (Phi) is 8.76. The molecule has 4 aromatic rings. The van der Waals surface area contributed by atoms with Gasteiger partial charge in [-0.15, -0.1) is 0 Å². The van der Waals surface area contributed by atoms with Gasteiger partial charge in [-0.25, -0.2) is 17.2 Å². The van der Waals surface area contributed by atoms with Crippen LogP contribution in [0.25, 0.3) is 11.1 Å². The van der Waals surface area contributed by atoms with Crippen molar-refractivity contribution in [2.75, 3.05) is 40.8 Å². The Labute approximate surface area is 243 Å². The van der Waals surface area contributed by atoms with E-state index in [0.29, 0.717) is 9.72 Å². The summed E-state index contributed by atoms with van der Waals surface area (Å²) in [6, 6.07) is 16.5. The highest BCUT2D eigenvalue weighted by Gasteiger charge is 2.37. The predicted molar refractivity (Wildman–Crippen MR) is 155 cm³/mol. The Bertz CT molecular complexity index is 1700. The maximum absolute atomic E-state index is 14.2. The number of ether oxygens (including phenoxy) is 5. The van der Waals surface area contributed by atoms with Gasteiger partial charge in [0.2, 0.25) is 11.5 Å². The molecule has 0 spiro atoms. The van der Waals surface area contributed by atoms with E-state index in [1.54, 1.807) is 25.1 Å². The number of carbonyl (C=O) groups is 2. The number of benzene rings is 3. The Hall–Kier alpha value is -4.97. The minimum absolute atomic E-state index is 0.0364. The fraction of sp³-hybridized carbons (Fsp3) is 0.200. The number of hydrogen-bond donors (Lipinski definition) is 1. The molecule has 220 valence electrons. The van der Waals surface area contributed by atoms with Crippen molar-refractivity contribution in [2.24, 2.45) is 0 Å². The van der Waals surface area contributed by atoms with Crippen molar-refractivity contribution in [2.45, 2.75) is 11.8 Å². The minimum atomic E-state index is -4.56. The summed E-state index contributed by atoms with van der Waals surface area (Å²) in [6.45, 7) is 1.56. The van der Waals surface area contributed by atoms with Crippen LogP contribution in [0.15, 0.2) is 71.6 Å². The summed E-state index contributed by atoms with van der Waals surface area (Å²) in [5.74, 6) is -1.08. The molecule has 1 aromatic heterocycles.